The summed E-state index contributed by atoms with van der Waals surface area (Å²) in [6, 6.07) is 11.7. The number of fused-ring (bicyclic) bond motifs is 2. The Morgan fingerprint density at radius 3 is 2.78 bits per heavy atom. The molecule has 0 spiro atoms. The third-order valence-electron chi connectivity index (χ3n) is 4.76. The lowest BCUT2D eigenvalue weighted by Crippen LogP contribution is -2.12. The van der Waals surface area contributed by atoms with E-state index in [9.17, 15) is 13.6 Å². The second-order valence-electron chi connectivity index (χ2n) is 6.42. The molecule has 0 aliphatic carbocycles. The highest BCUT2D eigenvalue weighted by atomic mass is 19.2. The number of H-pyrrole nitrogens is 1. The Labute approximate surface area is 153 Å². The van der Waals surface area contributed by atoms with Crippen LogP contribution in [-0.2, 0) is 6.54 Å². The molecule has 0 atom stereocenters. The van der Waals surface area contributed by atoms with Gasteiger partial charge in [-0.1, -0.05) is 18.2 Å². The maximum Gasteiger partial charge on any atom is 0.248 e. The van der Waals surface area contributed by atoms with Crippen molar-refractivity contribution in [3.05, 3.63) is 81.9 Å². The number of hydrogen-bond donors (Lipinski definition) is 1. The van der Waals surface area contributed by atoms with Gasteiger partial charge >= 0.3 is 0 Å². The molecule has 2 aromatic carbocycles. The van der Waals surface area contributed by atoms with Gasteiger partial charge in [0.2, 0.25) is 5.56 Å². The fourth-order valence-corrected chi connectivity index (χ4v) is 3.30. The zero-order chi connectivity index (χ0) is 19.1. The van der Waals surface area contributed by atoms with Crippen LogP contribution in [0.1, 0.15) is 25.2 Å². The standard InChI is InChI=1S/C21H17F2N3O/c1-3-12(2)21-24-16-6-4-5-7-17(16)26(21)11-13-10-18(27)25-20-14(13)8-9-15(22)19(20)23/h3-10H,11H2,1-2H3,(H,25,27)/b12-3-. The third kappa shape index (κ3) is 2.83. The summed E-state index contributed by atoms with van der Waals surface area (Å²) >= 11 is 0. The number of benzene rings is 2. The van der Waals surface area contributed by atoms with Gasteiger partial charge < -0.3 is 9.55 Å². The zero-order valence-electron chi connectivity index (χ0n) is 14.9. The Bertz CT molecular complexity index is 1270. The van der Waals surface area contributed by atoms with Crippen LogP contribution in [0, 0.1) is 11.6 Å². The van der Waals surface area contributed by atoms with Gasteiger partial charge in [0, 0.05) is 11.5 Å². The smallest absolute Gasteiger partial charge is 0.248 e. The van der Waals surface area contributed by atoms with Crippen molar-refractivity contribution in [2.45, 2.75) is 20.4 Å². The Hall–Kier alpha value is -3.28. The first kappa shape index (κ1) is 17.1. The van der Waals surface area contributed by atoms with E-state index in [0.717, 1.165) is 28.5 Å². The normalized spacial score (nSPS) is 12.2. The van der Waals surface area contributed by atoms with E-state index in [4.69, 9.17) is 0 Å². The van der Waals surface area contributed by atoms with E-state index < -0.39 is 17.2 Å². The molecule has 0 saturated heterocycles. The van der Waals surface area contributed by atoms with Crippen LogP contribution < -0.4 is 5.56 Å². The summed E-state index contributed by atoms with van der Waals surface area (Å²) in [5, 5.41) is 0.468. The highest BCUT2D eigenvalue weighted by molar-refractivity contribution is 5.84. The summed E-state index contributed by atoms with van der Waals surface area (Å²) in [7, 11) is 0. The molecule has 0 unspecified atom stereocenters. The highest BCUT2D eigenvalue weighted by Crippen LogP contribution is 2.26. The summed E-state index contributed by atoms with van der Waals surface area (Å²) in [6.07, 6.45) is 1.96. The number of nitrogens with zero attached hydrogens (tertiary/aromatic N) is 2. The number of aromatic amines is 1. The Morgan fingerprint density at radius 2 is 2.00 bits per heavy atom. The van der Waals surface area contributed by atoms with E-state index in [0.29, 0.717) is 17.5 Å². The van der Waals surface area contributed by atoms with E-state index in [1.165, 1.54) is 12.1 Å². The number of aromatic nitrogens is 3. The number of allylic oxidation sites excluding steroid dienone is 2. The maximum absolute atomic E-state index is 14.2. The first-order valence-corrected chi connectivity index (χ1v) is 8.58. The molecule has 0 fully saturated rings. The average Bonchev–Trinajstić information content (AvgIpc) is 3.03. The quantitative estimate of drug-likeness (QED) is 0.576. The third-order valence-corrected chi connectivity index (χ3v) is 4.76. The van der Waals surface area contributed by atoms with Crippen LogP contribution in [0.3, 0.4) is 0 Å². The van der Waals surface area contributed by atoms with E-state index in [-0.39, 0.29) is 5.52 Å². The fourth-order valence-electron chi connectivity index (χ4n) is 3.30. The minimum atomic E-state index is -1.05. The Kier molecular flexibility index (Phi) is 4.11. The van der Waals surface area contributed by atoms with Crippen LogP contribution in [0.15, 0.2) is 53.3 Å². The van der Waals surface area contributed by atoms with Crippen LogP contribution in [0.4, 0.5) is 8.78 Å². The number of para-hydroxylation sites is 2. The molecule has 0 aliphatic rings. The molecule has 0 bridgehead atoms. The zero-order valence-corrected chi connectivity index (χ0v) is 14.9. The molecule has 0 amide bonds. The molecule has 0 saturated carbocycles. The van der Waals surface area contributed by atoms with E-state index >= 15 is 0 Å². The fraction of sp³-hybridized carbons (Fsp3) is 0.143. The topological polar surface area (TPSA) is 50.7 Å². The molecular weight excluding hydrogens is 348 g/mol. The summed E-state index contributed by atoms with van der Waals surface area (Å²) in [4.78, 5) is 19.1. The summed E-state index contributed by atoms with van der Waals surface area (Å²) in [5.74, 6) is -1.27. The molecule has 6 heteroatoms. The van der Waals surface area contributed by atoms with Crippen molar-refractivity contribution in [2.24, 2.45) is 0 Å². The van der Waals surface area contributed by atoms with E-state index in [1.54, 1.807) is 0 Å². The second-order valence-corrected chi connectivity index (χ2v) is 6.42. The minimum absolute atomic E-state index is 0.119. The van der Waals surface area contributed by atoms with E-state index in [2.05, 4.69) is 9.97 Å². The molecule has 2 aromatic heterocycles. The van der Waals surface area contributed by atoms with Crippen LogP contribution in [-0.4, -0.2) is 14.5 Å². The Balaban J connectivity index is 1.98. The van der Waals surface area contributed by atoms with Gasteiger partial charge in [0.1, 0.15) is 5.82 Å². The predicted octanol–water partition coefficient (Wildman–Crippen LogP) is 4.63. The van der Waals surface area contributed by atoms with Crippen molar-refractivity contribution in [2.75, 3.05) is 0 Å². The van der Waals surface area contributed by atoms with Gasteiger partial charge in [-0.05, 0) is 49.2 Å². The molecule has 4 aromatic rings. The molecule has 2 heterocycles. The summed E-state index contributed by atoms with van der Waals surface area (Å²) < 4.78 is 29.8. The molecule has 1 N–H and O–H groups in total. The van der Waals surface area contributed by atoms with Crippen molar-refractivity contribution in [1.29, 1.82) is 0 Å². The van der Waals surface area contributed by atoms with Gasteiger partial charge in [-0.3, -0.25) is 4.79 Å². The van der Waals surface area contributed by atoms with Crippen LogP contribution in [0.2, 0.25) is 0 Å². The van der Waals surface area contributed by atoms with Crippen LogP contribution in [0.5, 0.6) is 0 Å². The highest BCUT2D eigenvalue weighted by Gasteiger charge is 2.16. The maximum atomic E-state index is 14.2. The molecule has 27 heavy (non-hydrogen) atoms. The molecule has 136 valence electrons. The molecule has 4 rings (SSSR count). The van der Waals surface area contributed by atoms with Crippen molar-refractivity contribution in [3.63, 3.8) is 0 Å². The first-order valence-electron chi connectivity index (χ1n) is 8.58. The van der Waals surface area contributed by atoms with Crippen LogP contribution in [0.25, 0.3) is 27.5 Å². The number of pyridine rings is 1. The van der Waals surface area contributed by atoms with Crippen LogP contribution >= 0.6 is 0 Å². The van der Waals surface area contributed by atoms with Crippen molar-refractivity contribution in [3.8, 4) is 0 Å². The van der Waals surface area contributed by atoms with Gasteiger partial charge in [-0.2, -0.15) is 0 Å². The first-order chi connectivity index (χ1) is 13.0. The number of imidazole rings is 1. The monoisotopic (exact) mass is 365 g/mol. The van der Waals surface area contributed by atoms with Gasteiger partial charge in [-0.25, -0.2) is 13.8 Å². The average molecular weight is 365 g/mol. The van der Waals surface area contributed by atoms with Crippen molar-refractivity contribution in [1.82, 2.24) is 14.5 Å². The molecule has 4 nitrogen and oxygen atoms in total. The van der Waals surface area contributed by atoms with Gasteiger partial charge in [-0.15, -0.1) is 0 Å². The largest absolute Gasteiger partial charge is 0.320 e. The van der Waals surface area contributed by atoms with E-state index in [1.807, 2.05) is 48.8 Å². The number of rotatable bonds is 3. The second kappa shape index (κ2) is 6.46. The molecule has 0 aliphatic heterocycles. The number of hydrogen-bond acceptors (Lipinski definition) is 2. The Morgan fingerprint density at radius 1 is 1.22 bits per heavy atom. The summed E-state index contributed by atoms with van der Waals surface area (Å²) in [6.45, 7) is 4.20. The van der Waals surface area contributed by atoms with Gasteiger partial charge in [0.15, 0.2) is 11.6 Å². The summed E-state index contributed by atoms with van der Waals surface area (Å²) in [5.41, 5.74) is 2.73. The lowest BCUT2D eigenvalue weighted by Gasteiger charge is -2.12. The minimum Gasteiger partial charge on any atom is -0.320 e. The van der Waals surface area contributed by atoms with Crippen molar-refractivity contribution < 1.29 is 8.78 Å². The number of nitrogens with one attached hydrogen (secondary N) is 1. The lowest BCUT2D eigenvalue weighted by molar-refractivity contribution is 0.515. The lowest BCUT2D eigenvalue weighted by atomic mass is 10.1. The van der Waals surface area contributed by atoms with Gasteiger partial charge in [0.25, 0.3) is 0 Å². The molecule has 0 radical (unpaired) electrons. The molecular formula is C21H17F2N3O. The number of halogens is 2. The van der Waals surface area contributed by atoms with Crippen molar-refractivity contribution >= 4 is 27.5 Å². The predicted molar refractivity (Wildman–Crippen MR) is 103 cm³/mol. The SMILES string of the molecule is C/C=C(/C)c1nc2ccccc2n1Cc1cc(=O)[nH]c2c(F)c(F)ccc12. The van der Waals surface area contributed by atoms with Gasteiger partial charge in [0.05, 0.1) is 23.1 Å².